The number of benzene rings is 1. The topological polar surface area (TPSA) is 18.5 Å². The van der Waals surface area contributed by atoms with Gasteiger partial charge in [0.05, 0.1) is 18.2 Å². The predicted octanol–water partition coefficient (Wildman–Crippen LogP) is 3.59. The number of rotatable bonds is 6. The number of halogens is 1. The van der Waals surface area contributed by atoms with Crippen LogP contribution in [0.4, 0.5) is 0 Å². The standard InChI is InChI=1S/C11H15BrO2S/c1-3-15-7-6-14-11-5-4-9(13-2)8-10(11)12/h4-5,8H,3,6-7H2,1-2H3. The van der Waals surface area contributed by atoms with Crippen LogP contribution in [-0.2, 0) is 0 Å². The molecule has 0 atom stereocenters. The van der Waals surface area contributed by atoms with Crippen molar-refractivity contribution in [3.05, 3.63) is 22.7 Å². The van der Waals surface area contributed by atoms with Gasteiger partial charge >= 0.3 is 0 Å². The van der Waals surface area contributed by atoms with Gasteiger partial charge in [-0.3, -0.25) is 0 Å². The third-order valence-electron chi connectivity index (χ3n) is 1.83. The summed E-state index contributed by atoms with van der Waals surface area (Å²) in [5, 5.41) is 0. The molecule has 2 nitrogen and oxygen atoms in total. The fraction of sp³-hybridized carbons (Fsp3) is 0.455. The molecule has 0 saturated heterocycles. The highest BCUT2D eigenvalue weighted by molar-refractivity contribution is 9.10. The van der Waals surface area contributed by atoms with Crippen molar-refractivity contribution in [3.8, 4) is 11.5 Å². The van der Waals surface area contributed by atoms with Crippen LogP contribution < -0.4 is 9.47 Å². The Labute approximate surface area is 103 Å². The lowest BCUT2D eigenvalue weighted by molar-refractivity contribution is 0.340. The van der Waals surface area contributed by atoms with Crippen molar-refractivity contribution in [2.45, 2.75) is 6.92 Å². The average molecular weight is 291 g/mol. The van der Waals surface area contributed by atoms with Crippen LogP contribution in [0.15, 0.2) is 22.7 Å². The molecule has 0 aliphatic heterocycles. The van der Waals surface area contributed by atoms with E-state index in [-0.39, 0.29) is 0 Å². The molecule has 1 aromatic carbocycles. The summed E-state index contributed by atoms with van der Waals surface area (Å²) in [6.07, 6.45) is 0. The first kappa shape index (κ1) is 12.7. The Morgan fingerprint density at radius 1 is 1.40 bits per heavy atom. The van der Waals surface area contributed by atoms with Crippen molar-refractivity contribution in [3.63, 3.8) is 0 Å². The van der Waals surface area contributed by atoms with E-state index in [1.54, 1.807) is 7.11 Å². The van der Waals surface area contributed by atoms with E-state index in [9.17, 15) is 0 Å². The quantitative estimate of drug-likeness (QED) is 0.746. The number of thioether (sulfide) groups is 1. The second-order valence-corrected chi connectivity index (χ2v) is 5.09. The Morgan fingerprint density at radius 2 is 2.20 bits per heavy atom. The van der Waals surface area contributed by atoms with E-state index in [0.29, 0.717) is 0 Å². The SMILES string of the molecule is CCSCCOc1ccc(OC)cc1Br. The monoisotopic (exact) mass is 290 g/mol. The molecule has 0 fully saturated rings. The van der Waals surface area contributed by atoms with E-state index < -0.39 is 0 Å². The molecule has 0 aliphatic rings. The van der Waals surface area contributed by atoms with Crippen LogP contribution in [-0.4, -0.2) is 25.2 Å². The van der Waals surface area contributed by atoms with Crippen molar-refractivity contribution in [2.75, 3.05) is 25.2 Å². The van der Waals surface area contributed by atoms with Crippen LogP contribution in [0.3, 0.4) is 0 Å². The average Bonchev–Trinajstić information content (AvgIpc) is 2.26. The second-order valence-electron chi connectivity index (χ2n) is 2.84. The van der Waals surface area contributed by atoms with E-state index in [0.717, 1.165) is 34.1 Å². The van der Waals surface area contributed by atoms with Crippen LogP contribution in [0.5, 0.6) is 11.5 Å². The van der Waals surface area contributed by atoms with Gasteiger partial charge in [-0.2, -0.15) is 11.8 Å². The predicted molar refractivity (Wildman–Crippen MR) is 69.2 cm³/mol. The van der Waals surface area contributed by atoms with Crippen LogP contribution in [0.1, 0.15) is 6.92 Å². The molecule has 0 spiro atoms. The van der Waals surface area contributed by atoms with Gasteiger partial charge in [0.25, 0.3) is 0 Å². The van der Waals surface area contributed by atoms with E-state index in [1.807, 2.05) is 30.0 Å². The van der Waals surface area contributed by atoms with Gasteiger partial charge in [0.15, 0.2) is 0 Å². The highest BCUT2D eigenvalue weighted by Crippen LogP contribution is 2.29. The van der Waals surface area contributed by atoms with Crippen molar-refractivity contribution >= 4 is 27.7 Å². The molecule has 0 heterocycles. The zero-order chi connectivity index (χ0) is 11.1. The fourth-order valence-corrected chi connectivity index (χ4v) is 2.04. The van der Waals surface area contributed by atoms with Gasteiger partial charge < -0.3 is 9.47 Å². The summed E-state index contributed by atoms with van der Waals surface area (Å²) in [6.45, 7) is 2.89. The fourth-order valence-electron chi connectivity index (χ4n) is 1.08. The van der Waals surface area contributed by atoms with Crippen LogP contribution in [0, 0.1) is 0 Å². The lowest BCUT2D eigenvalue weighted by Gasteiger charge is -2.08. The van der Waals surface area contributed by atoms with Gasteiger partial charge in [-0.15, -0.1) is 0 Å². The zero-order valence-corrected chi connectivity index (χ0v) is 11.4. The highest BCUT2D eigenvalue weighted by atomic mass is 79.9. The van der Waals surface area contributed by atoms with E-state index in [4.69, 9.17) is 9.47 Å². The summed E-state index contributed by atoms with van der Waals surface area (Å²) >= 11 is 5.32. The zero-order valence-electron chi connectivity index (χ0n) is 8.96. The second kappa shape index (κ2) is 7.01. The Hall–Kier alpha value is -0.350. The van der Waals surface area contributed by atoms with Gasteiger partial charge in [-0.05, 0) is 39.9 Å². The molecule has 1 rings (SSSR count). The Balaban J connectivity index is 2.47. The molecule has 15 heavy (non-hydrogen) atoms. The molecule has 0 radical (unpaired) electrons. The van der Waals surface area contributed by atoms with Crippen molar-refractivity contribution in [1.29, 1.82) is 0 Å². The maximum Gasteiger partial charge on any atom is 0.133 e. The summed E-state index contributed by atoms with van der Waals surface area (Å²) in [7, 11) is 1.65. The summed E-state index contributed by atoms with van der Waals surface area (Å²) in [5.41, 5.74) is 0. The summed E-state index contributed by atoms with van der Waals surface area (Å²) in [5.74, 6) is 3.85. The molecule has 0 bridgehead atoms. The van der Waals surface area contributed by atoms with Gasteiger partial charge in [0, 0.05) is 5.75 Å². The van der Waals surface area contributed by atoms with Crippen LogP contribution >= 0.6 is 27.7 Å². The molecule has 0 aromatic heterocycles. The third-order valence-corrected chi connectivity index (χ3v) is 3.31. The van der Waals surface area contributed by atoms with E-state index >= 15 is 0 Å². The number of hydrogen-bond donors (Lipinski definition) is 0. The molecular formula is C11H15BrO2S. The summed E-state index contributed by atoms with van der Waals surface area (Å²) in [6, 6.07) is 5.72. The molecular weight excluding hydrogens is 276 g/mol. The first-order valence-corrected chi connectivity index (χ1v) is 6.76. The molecule has 0 amide bonds. The van der Waals surface area contributed by atoms with E-state index in [2.05, 4.69) is 22.9 Å². The van der Waals surface area contributed by atoms with E-state index in [1.165, 1.54) is 0 Å². The molecule has 0 saturated carbocycles. The van der Waals surface area contributed by atoms with Gasteiger partial charge in [-0.1, -0.05) is 6.92 Å². The molecule has 84 valence electrons. The van der Waals surface area contributed by atoms with Gasteiger partial charge in [0.2, 0.25) is 0 Å². The number of methoxy groups -OCH3 is 1. The van der Waals surface area contributed by atoms with Crippen LogP contribution in [0.25, 0.3) is 0 Å². The Bertz CT molecular complexity index is 305. The number of hydrogen-bond acceptors (Lipinski definition) is 3. The first-order valence-electron chi connectivity index (χ1n) is 4.82. The third kappa shape index (κ3) is 4.34. The minimum atomic E-state index is 0.740. The lowest BCUT2D eigenvalue weighted by Crippen LogP contribution is -2.00. The maximum atomic E-state index is 5.62. The molecule has 0 aliphatic carbocycles. The Kier molecular flexibility index (Phi) is 5.95. The van der Waals surface area contributed by atoms with Crippen LogP contribution in [0.2, 0.25) is 0 Å². The van der Waals surface area contributed by atoms with Gasteiger partial charge in [-0.25, -0.2) is 0 Å². The largest absolute Gasteiger partial charge is 0.497 e. The first-order chi connectivity index (χ1) is 7.27. The normalized spacial score (nSPS) is 10.1. The van der Waals surface area contributed by atoms with Crippen molar-refractivity contribution in [1.82, 2.24) is 0 Å². The minimum Gasteiger partial charge on any atom is -0.497 e. The molecule has 4 heteroatoms. The molecule has 0 N–H and O–H groups in total. The smallest absolute Gasteiger partial charge is 0.133 e. The Morgan fingerprint density at radius 3 is 2.80 bits per heavy atom. The summed E-state index contributed by atoms with van der Waals surface area (Å²) in [4.78, 5) is 0. The molecule has 0 unspecified atom stereocenters. The minimum absolute atomic E-state index is 0.740. The highest BCUT2D eigenvalue weighted by Gasteiger charge is 2.02. The molecule has 1 aromatic rings. The van der Waals surface area contributed by atoms with Gasteiger partial charge in [0.1, 0.15) is 11.5 Å². The lowest BCUT2D eigenvalue weighted by atomic mass is 10.3. The summed E-state index contributed by atoms with van der Waals surface area (Å²) < 4.78 is 11.7. The maximum absolute atomic E-state index is 5.62. The van der Waals surface area contributed by atoms with Crippen molar-refractivity contribution < 1.29 is 9.47 Å². The number of ether oxygens (including phenoxy) is 2. The van der Waals surface area contributed by atoms with Crippen molar-refractivity contribution in [2.24, 2.45) is 0 Å².